The highest BCUT2D eigenvalue weighted by atomic mass is 32.1. The monoisotopic (exact) mass is 373 g/mol. The molecule has 0 aliphatic rings. The smallest absolute Gasteiger partial charge is 0.307 e. The number of esters is 1. The van der Waals surface area contributed by atoms with Gasteiger partial charge in [0.25, 0.3) is 5.91 Å². The van der Waals surface area contributed by atoms with Crippen molar-refractivity contribution in [2.24, 2.45) is 0 Å². The number of hydrogen-bond donors (Lipinski definition) is 2. The number of carbonyl (C=O) groups excluding carboxylic acids is 2. The van der Waals surface area contributed by atoms with E-state index >= 15 is 0 Å². The van der Waals surface area contributed by atoms with Crippen molar-refractivity contribution in [2.45, 2.75) is 12.5 Å². The number of amides is 1. The Bertz CT molecular complexity index is 891. The molecule has 2 heterocycles. The van der Waals surface area contributed by atoms with Crippen LogP contribution in [0.25, 0.3) is 11.3 Å². The molecule has 1 atom stereocenters. The SMILES string of the molecule is COC(=O)CC(NC(=O)c1cc(-c2ccc(F)cc2)n[nH]1)c1cccs1. The third kappa shape index (κ3) is 4.15. The first-order valence-electron chi connectivity index (χ1n) is 7.79. The number of benzene rings is 1. The fraction of sp³-hybridized carbons (Fsp3) is 0.167. The van der Waals surface area contributed by atoms with Crippen LogP contribution in [-0.2, 0) is 9.53 Å². The number of carbonyl (C=O) groups is 2. The zero-order chi connectivity index (χ0) is 18.5. The molecule has 0 saturated carbocycles. The molecule has 0 radical (unpaired) electrons. The third-order valence-corrected chi connectivity index (χ3v) is 4.74. The van der Waals surface area contributed by atoms with Crippen molar-refractivity contribution in [3.63, 3.8) is 0 Å². The first kappa shape index (κ1) is 17.8. The molecule has 0 spiro atoms. The second kappa shape index (κ2) is 7.92. The average molecular weight is 373 g/mol. The van der Waals surface area contributed by atoms with E-state index in [1.54, 1.807) is 18.2 Å². The summed E-state index contributed by atoms with van der Waals surface area (Å²) in [5.74, 6) is -1.16. The Morgan fingerprint density at radius 1 is 1.31 bits per heavy atom. The first-order chi connectivity index (χ1) is 12.6. The molecule has 0 saturated heterocycles. The minimum absolute atomic E-state index is 0.0295. The molecule has 6 nitrogen and oxygen atoms in total. The van der Waals surface area contributed by atoms with Gasteiger partial charge in [0.2, 0.25) is 0 Å². The normalized spacial score (nSPS) is 11.8. The lowest BCUT2D eigenvalue weighted by molar-refractivity contribution is -0.141. The first-order valence-corrected chi connectivity index (χ1v) is 8.67. The van der Waals surface area contributed by atoms with Crippen molar-refractivity contribution in [1.82, 2.24) is 15.5 Å². The van der Waals surface area contributed by atoms with Gasteiger partial charge in [-0.2, -0.15) is 5.10 Å². The van der Waals surface area contributed by atoms with E-state index in [0.717, 1.165) is 4.88 Å². The molecule has 2 aromatic heterocycles. The number of ether oxygens (including phenoxy) is 1. The van der Waals surface area contributed by atoms with E-state index in [2.05, 4.69) is 15.5 Å². The summed E-state index contributed by atoms with van der Waals surface area (Å²) in [6, 6.07) is 10.6. The third-order valence-electron chi connectivity index (χ3n) is 3.75. The number of rotatable bonds is 6. The summed E-state index contributed by atoms with van der Waals surface area (Å²) in [5.41, 5.74) is 1.46. The summed E-state index contributed by atoms with van der Waals surface area (Å²) in [5, 5.41) is 11.4. The predicted octanol–water partition coefficient (Wildman–Crippen LogP) is 3.31. The largest absolute Gasteiger partial charge is 0.469 e. The van der Waals surface area contributed by atoms with Crippen molar-refractivity contribution in [3.05, 3.63) is 64.2 Å². The molecule has 3 rings (SSSR count). The van der Waals surface area contributed by atoms with Crippen LogP contribution < -0.4 is 5.32 Å². The highest BCUT2D eigenvalue weighted by molar-refractivity contribution is 7.10. The predicted molar refractivity (Wildman–Crippen MR) is 95.1 cm³/mol. The van der Waals surface area contributed by atoms with E-state index in [1.807, 2.05) is 17.5 Å². The summed E-state index contributed by atoms with van der Waals surface area (Å²) in [4.78, 5) is 25.0. The molecule has 1 amide bonds. The maximum absolute atomic E-state index is 13.0. The molecule has 8 heteroatoms. The van der Waals surface area contributed by atoms with Crippen molar-refractivity contribution < 1.29 is 18.7 Å². The van der Waals surface area contributed by atoms with Crippen LogP contribution in [0.1, 0.15) is 27.8 Å². The fourth-order valence-corrected chi connectivity index (χ4v) is 3.18. The van der Waals surface area contributed by atoms with E-state index in [4.69, 9.17) is 4.74 Å². The molecule has 0 bridgehead atoms. The highest BCUT2D eigenvalue weighted by Gasteiger charge is 2.21. The molecule has 134 valence electrons. The van der Waals surface area contributed by atoms with Gasteiger partial charge in [-0.25, -0.2) is 4.39 Å². The standard InChI is InChI=1S/C18H16FN3O3S/c1-25-17(23)10-14(16-3-2-8-26-16)20-18(24)15-9-13(21-22-15)11-4-6-12(19)7-5-11/h2-9,14H,10H2,1H3,(H,20,24)(H,21,22). The molecule has 26 heavy (non-hydrogen) atoms. The maximum atomic E-state index is 13.0. The Morgan fingerprint density at radius 3 is 2.73 bits per heavy atom. The molecule has 2 N–H and O–H groups in total. The second-order valence-electron chi connectivity index (χ2n) is 5.50. The summed E-state index contributed by atoms with van der Waals surface area (Å²) in [6.07, 6.45) is 0.0295. The fourth-order valence-electron chi connectivity index (χ4n) is 2.40. The number of hydrogen-bond acceptors (Lipinski definition) is 5. The van der Waals surface area contributed by atoms with Gasteiger partial charge in [0.05, 0.1) is 25.3 Å². The number of thiophene rings is 1. The van der Waals surface area contributed by atoms with E-state index in [9.17, 15) is 14.0 Å². The number of H-pyrrole nitrogens is 1. The Balaban J connectivity index is 1.75. The molecule has 1 aromatic carbocycles. The summed E-state index contributed by atoms with van der Waals surface area (Å²) in [6.45, 7) is 0. The minimum Gasteiger partial charge on any atom is -0.469 e. The number of nitrogens with zero attached hydrogens (tertiary/aromatic N) is 1. The lowest BCUT2D eigenvalue weighted by Gasteiger charge is -2.15. The summed E-state index contributed by atoms with van der Waals surface area (Å²) < 4.78 is 17.7. The molecule has 1 unspecified atom stereocenters. The van der Waals surface area contributed by atoms with Gasteiger partial charge in [0.1, 0.15) is 11.5 Å². The topological polar surface area (TPSA) is 84.1 Å². The van der Waals surface area contributed by atoms with Crippen molar-refractivity contribution in [1.29, 1.82) is 0 Å². The Kier molecular flexibility index (Phi) is 5.43. The van der Waals surface area contributed by atoms with Crippen LogP contribution in [0.3, 0.4) is 0 Å². The van der Waals surface area contributed by atoms with Crippen LogP contribution in [-0.4, -0.2) is 29.2 Å². The number of aromatic nitrogens is 2. The average Bonchev–Trinajstić information content (AvgIpc) is 3.33. The summed E-state index contributed by atoms with van der Waals surface area (Å²) in [7, 11) is 1.31. The Labute approximate surface area is 153 Å². The van der Waals surface area contributed by atoms with Crippen LogP contribution in [0.2, 0.25) is 0 Å². The van der Waals surface area contributed by atoms with Gasteiger partial charge in [-0.05, 0) is 41.8 Å². The van der Waals surface area contributed by atoms with Crippen LogP contribution >= 0.6 is 11.3 Å². The molecular weight excluding hydrogens is 357 g/mol. The molecule has 0 aliphatic heterocycles. The van der Waals surface area contributed by atoms with Crippen LogP contribution in [0, 0.1) is 5.82 Å². The highest BCUT2D eigenvalue weighted by Crippen LogP contribution is 2.23. The zero-order valence-corrected chi connectivity index (χ0v) is 14.7. The Morgan fingerprint density at radius 2 is 2.08 bits per heavy atom. The number of aromatic amines is 1. The van der Waals surface area contributed by atoms with E-state index in [-0.39, 0.29) is 17.9 Å². The summed E-state index contributed by atoms with van der Waals surface area (Å²) >= 11 is 1.44. The molecule has 0 fully saturated rings. The number of halogens is 1. The van der Waals surface area contributed by atoms with Crippen molar-refractivity contribution in [3.8, 4) is 11.3 Å². The van der Waals surface area contributed by atoms with Crippen LogP contribution in [0.5, 0.6) is 0 Å². The Hall–Kier alpha value is -3.00. The molecule has 3 aromatic rings. The maximum Gasteiger partial charge on any atom is 0.307 e. The van der Waals surface area contributed by atoms with Gasteiger partial charge in [-0.1, -0.05) is 6.07 Å². The molecule has 0 aliphatic carbocycles. The van der Waals surface area contributed by atoms with Gasteiger partial charge in [-0.15, -0.1) is 11.3 Å². The molecular formula is C18H16FN3O3S. The van der Waals surface area contributed by atoms with Gasteiger partial charge < -0.3 is 10.1 Å². The zero-order valence-electron chi connectivity index (χ0n) is 13.9. The van der Waals surface area contributed by atoms with E-state index in [0.29, 0.717) is 11.3 Å². The van der Waals surface area contributed by atoms with Gasteiger partial charge in [-0.3, -0.25) is 14.7 Å². The lowest BCUT2D eigenvalue weighted by Crippen LogP contribution is -2.30. The van der Waals surface area contributed by atoms with E-state index in [1.165, 1.54) is 30.6 Å². The van der Waals surface area contributed by atoms with Gasteiger partial charge in [0.15, 0.2) is 0 Å². The van der Waals surface area contributed by atoms with Crippen molar-refractivity contribution >= 4 is 23.2 Å². The van der Waals surface area contributed by atoms with Gasteiger partial charge in [0, 0.05) is 10.4 Å². The van der Waals surface area contributed by atoms with Crippen molar-refractivity contribution in [2.75, 3.05) is 7.11 Å². The number of nitrogens with one attached hydrogen (secondary N) is 2. The van der Waals surface area contributed by atoms with Gasteiger partial charge >= 0.3 is 5.97 Å². The van der Waals surface area contributed by atoms with Crippen LogP contribution in [0.15, 0.2) is 47.8 Å². The quantitative estimate of drug-likeness (QED) is 0.649. The second-order valence-corrected chi connectivity index (χ2v) is 6.47. The minimum atomic E-state index is -0.493. The van der Waals surface area contributed by atoms with E-state index < -0.39 is 17.9 Å². The van der Waals surface area contributed by atoms with Crippen LogP contribution in [0.4, 0.5) is 4.39 Å². The number of methoxy groups -OCH3 is 1. The lowest BCUT2D eigenvalue weighted by atomic mass is 10.1.